The number of hydrogen-bond acceptors (Lipinski definition) is 8. The first-order valence-corrected chi connectivity index (χ1v) is 13.5. The molecule has 0 bridgehead atoms. The van der Waals surface area contributed by atoms with Gasteiger partial charge in [0.2, 0.25) is 0 Å². The number of anilines is 1. The van der Waals surface area contributed by atoms with Gasteiger partial charge in [0.15, 0.2) is 11.6 Å². The lowest BCUT2D eigenvalue weighted by Crippen LogP contribution is -2.44. The largest absolute Gasteiger partial charge is 0.377 e. The van der Waals surface area contributed by atoms with Crippen molar-refractivity contribution >= 4 is 38.3 Å². The number of aromatic amines is 1. The number of nitrogens with one attached hydrogen (secondary N) is 2. The highest BCUT2D eigenvalue weighted by Gasteiger charge is 2.40. The Morgan fingerprint density at radius 1 is 1.23 bits per heavy atom. The summed E-state index contributed by atoms with van der Waals surface area (Å²) in [5.74, 6) is 1.78. The van der Waals surface area contributed by atoms with Gasteiger partial charge in [-0.05, 0) is 49.7 Å². The fourth-order valence-electron chi connectivity index (χ4n) is 6.13. The zero-order valence-corrected chi connectivity index (χ0v) is 20.9. The standard InChI is InChI=1S/C26H31N7OS/c1-17-13-34-9-8-33(17)25-23-22(30-24(31-25)20-10-28-11-21-19(20)2-5-29-21)18(14-35-23)12-32-7-4-26(16-32)3-6-27-15-26/h2,5,10-11,14,17,27,29H,3-4,6-9,12-13,15-16H2,1H3/t17-,26?/m1/s1. The molecule has 3 saturated heterocycles. The Labute approximate surface area is 208 Å². The maximum atomic E-state index is 5.74. The number of hydrogen-bond donors (Lipinski definition) is 2. The summed E-state index contributed by atoms with van der Waals surface area (Å²) < 4.78 is 6.92. The molecule has 4 aromatic heterocycles. The summed E-state index contributed by atoms with van der Waals surface area (Å²) in [6.07, 6.45) is 8.30. The molecule has 0 aromatic carbocycles. The molecule has 9 heteroatoms. The second-order valence-corrected chi connectivity index (χ2v) is 11.3. The Balaban J connectivity index is 1.33. The first kappa shape index (κ1) is 21.7. The highest BCUT2D eigenvalue weighted by atomic mass is 32.1. The highest BCUT2D eigenvalue weighted by Crippen LogP contribution is 2.40. The summed E-state index contributed by atoms with van der Waals surface area (Å²) in [7, 11) is 0. The Kier molecular flexibility index (Phi) is 5.27. The van der Waals surface area contributed by atoms with E-state index in [0.29, 0.717) is 5.41 Å². The average molecular weight is 490 g/mol. The topological polar surface area (TPSA) is 82.2 Å². The second-order valence-electron chi connectivity index (χ2n) is 10.4. The van der Waals surface area contributed by atoms with E-state index in [-0.39, 0.29) is 6.04 Å². The van der Waals surface area contributed by atoms with Crippen LogP contribution in [0, 0.1) is 5.41 Å². The van der Waals surface area contributed by atoms with Crippen molar-refractivity contribution < 1.29 is 4.74 Å². The summed E-state index contributed by atoms with van der Waals surface area (Å²) in [6.45, 7) is 10.1. The lowest BCUT2D eigenvalue weighted by Gasteiger charge is -2.34. The van der Waals surface area contributed by atoms with Crippen LogP contribution >= 0.6 is 11.3 Å². The fourth-order valence-corrected chi connectivity index (χ4v) is 7.13. The third kappa shape index (κ3) is 3.72. The van der Waals surface area contributed by atoms with E-state index in [4.69, 9.17) is 14.7 Å². The zero-order chi connectivity index (χ0) is 23.4. The summed E-state index contributed by atoms with van der Waals surface area (Å²) in [5, 5.41) is 6.99. The SMILES string of the molecule is C[C@@H]1COCCN1c1nc(-c2cncc3[nH]ccc23)nc2c(CN3CCC4(CCNC4)C3)csc12. The predicted octanol–water partition coefficient (Wildman–Crippen LogP) is 3.65. The monoisotopic (exact) mass is 489 g/mol. The van der Waals surface area contributed by atoms with Crippen LogP contribution in [0.3, 0.4) is 0 Å². The summed E-state index contributed by atoms with van der Waals surface area (Å²) in [6, 6.07) is 2.36. The summed E-state index contributed by atoms with van der Waals surface area (Å²) in [5.41, 5.74) is 4.85. The van der Waals surface area contributed by atoms with Crippen molar-refractivity contribution in [1.82, 2.24) is 30.2 Å². The molecule has 182 valence electrons. The van der Waals surface area contributed by atoms with Crippen LogP contribution in [0.25, 0.3) is 32.5 Å². The van der Waals surface area contributed by atoms with E-state index in [1.807, 2.05) is 18.6 Å². The van der Waals surface area contributed by atoms with Crippen LogP contribution in [0.5, 0.6) is 0 Å². The van der Waals surface area contributed by atoms with Gasteiger partial charge in [0.1, 0.15) is 0 Å². The van der Waals surface area contributed by atoms with Crippen LogP contribution in [0.15, 0.2) is 30.0 Å². The maximum Gasteiger partial charge on any atom is 0.164 e. The zero-order valence-electron chi connectivity index (χ0n) is 20.1. The number of rotatable bonds is 4. The number of morpholine rings is 1. The Hall–Kier alpha value is -2.59. The van der Waals surface area contributed by atoms with E-state index in [1.165, 1.54) is 29.6 Å². The molecule has 0 amide bonds. The highest BCUT2D eigenvalue weighted by molar-refractivity contribution is 7.18. The van der Waals surface area contributed by atoms with Gasteiger partial charge >= 0.3 is 0 Å². The first-order chi connectivity index (χ1) is 17.2. The van der Waals surface area contributed by atoms with Crippen LogP contribution in [0.2, 0.25) is 0 Å². The molecule has 0 aliphatic carbocycles. The molecule has 0 saturated carbocycles. The van der Waals surface area contributed by atoms with Crippen molar-refractivity contribution in [2.75, 3.05) is 50.8 Å². The predicted molar refractivity (Wildman–Crippen MR) is 140 cm³/mol. The minimum absolute atomic E-state index is 0.273. The van der Waals surface area contributed by atoms with E-state index < -0.39 is 0 Å². The van der Waals surface area contributed by atoms with Gasteiger partial charge in [-0.25, -0.2) is 9.97 Å². The molecule has 3 aliphatic heterocycles. The number of nitrogens with zero attached hydrogens (tertiary/aromatic N) is 5. The third-order valence-corrected chi connectivity index (χ3v) is 9.09. The third-order valence-electron chi connectivity index (χ3n) is 8.07. The van der Waals surface area contributed by atoms with Crippen molar-refractivity contribution in [3.63, 3.8) is 0 Å². The molecule has 0 radical (unpaired) electrons. The average Bonchev–Trinajstić information content (AvgIpc) is 3.68. The summed E-state index contributed by atoms with van der Waals surface area (Å²) in [4.78, 5) is 23.1. The number of fused-ring (bicyclic) bond motifs is 2. The van der Waals surface area contributed by atoms with Crippen LogP contribution < -0.4 is 10.2 Å². The van der Waals surface area contributed by atoms with Crippen molar-refractivity contribution in [3.05, 3.63) is 35.6 Å². The number of pyridine rings is 1. The molecular formula is C26H31N7OS. The summed E-state index contributed by atoms with van der Waals surface area (Å²) >= 11 is 1.78. The van der Waals surface area contributed by atoms with Crippen molar-refractivity contribution in [2.24, 2.45) is 5.41 Å². The fraction of sp³-hybridized carbons (Fsp3) is 0.500. The van der Waals surface area contributed by atoms with Crippen molar-refractivity contribution in [2.45, 2.75) is 32.4 Å². The van der Waals surface area contributed by atoms with Crippen LogP contribution in [0.4, 0.5) is 5.82 Å². The molecule has 2 N–H and O–H groups in total. The molecule has 4 aromatic rings. The van der Waals surface area contributed by atoms with Gasteiger partial charge in [-0.2, -0.15) is 0 Å². The van der Waals surface area contributed by atoms with Crippen LogP contribution in [-0.2, 0) is 11.3 Å². The molecule has 1 spiro atoms. The van der Waals surface area contributed by atoms with Gasteiger partial charge in [0.05, 0.1) is 41.2 Å². The lowest BCUT2D eigenvalue weighted by molar-refractivity contribution is 0.0987. The van der Waals surface area contributed by atoms with Gasteiger partial charge in [0.25, 0.3) is 0 Å². The van der Waals surface area contributed by atoms with Gasteiger partial charge in [0, 0.05) is 55.1 Å². The van der Waals surface area contributed by atoms with Gasteiger partial charge in [-0.15, -0.1) is 11.3 Å². The van der Waals surface area contributed by atoms with Crippen molar-refractivity contribution in [3.8, 4) is 11.4 Å². The van der Waals surface area contributed by atoms with E-state index in [1.54, 1.807) is 11.3 Å². The normalized spacial score (nSPS) is 25.5. The maximum absolute atomic E-state index is 5.74. The Morgan fingerprint density at radius 2 is 2.20 bits per heavy atom. The molecule has 7 rings (SSSR count). The smallest absolute Gasteiger partial charge is 0.164 e. The molecule has 3 aliphatic rings. The van der Waals surface area contributed by atoms with Gasteiger partial charge in [-0.1, -0.05) is 0 Å². The minimum atomic E-state index is 0.273. The molecule has 35 heavy (non-hydrogen) atoms. The van der Waals surface area contributed by atoms with E-state index >= 15 is 0 Å². The quantitative estimate of drug-likeness (QED) is 0.453. The number of likely N-dealkylation sites (tertiary alicyclic amines) is 1. The van der Waals surface area contributed by atoms with E-state index in [9.17, 15) is 0 Å². The number of ether oxygens (including phenoxy) is 1. The first-order valence-electron chi connectivity index (χ1n) is 12.7. The number of aromatic nitrogens is 4. The van der Waals surface area contributed by atoms with E-state index in [2.05, 4.69) is 43.5 Å². The molecular weight excluding hydrogens is 458 g/mol. The molecule has 8 nitrogen and oxygen atoms in total. The lowest BCUT2D eigenvalue weighted by atomic mass is 9.87. The molecule has 3 fully saturated rings. The second kappa shape index (κ2) is 8.51. The molecule has 1 unspecified atom stereocenters. The minimum Gasteiger partial charge on any atom is -0.377 e. The van der Waals surface area contributed by atoms with Gasteiger partial charge in [-0.3, -0.25) is 9.88 Å². The van der Waals surface area contributed by atoms with E-state index in [0.717, 1.165) is 79.6 Å². The van der Waals surface area contributed by atoms with Crippen molar-refractivity contribution in [1.29, 1.82) is 0 Å². The van der Waals surface area contributed by atoms with Crippen LogP contribution in [0.1, 0.15) is 25.3 Å². The Bertz CT molecular complexity index is 1370. The molecule has 2 atom stereocenters. The molecule has 7 heterocycles. The van der Waals surface area contributed by atoms with Gasteiger partial charge < -0.3 is 19.9 Å². The van der Waals surface area contributed by atoms with Crippen LogP contribution in [-0.4, -0.2) is 76.8 Å². The number of thiophene rings is 1. The number of H-pyrrole nitrogens is 1. The Morgan fingerprint density at radius 3 is 3.09 bits per heavy atom.